The van der Waals surface area contributed by atoms with Crippen LogP contribution in [0, 0.1) is 17.0 Å². The summed E-state index contributed by atoms with van der Waals surface area (Å²) in [7, 11) is 0. The molecule has 4 fully saturated rings. The largest absolute Gasteiger partial charge is 0.393 e. The fourth-order valence-corrected chi connectivity index (χ4v) is 8.65. The average Bonchev–Trinajstić information content (AvgIpc) is 3.17. The lowest BCUT2D eigenvalue weighted by atomic mass is 9.36. The Morgan fingerprint density at radius 3 is 2.46 bits per heavy atom. The first-order valence-corrected chi connectivity index (χ1v) is 14.5. The Bertz CT molecular complexity index is 1290. The smallest absolute Gasteiger partial charge is 0.133 e. The highest BCUT2D eigenvalue weighted by molar-refractivity contribution is 5.79. The van der Waals surface area contributed by atoms with Gasteiger partial charge in [-0.05, 0) is 86.8 Å². The summed E-state index contributed by atoms with van der Waals surface area (Å²) in [6.07, 6.45) is 4.40. The molecule has 4 nitrogen and oxygen atoms in total. The van der Waals surface area contributed by atoms with Gasteiger partial charge in [-0.1, -0.05) is 24.3 Å². The number of rotatable bonds is 8. The standard InChI is InChI=1S/C32H38F3N3O/c1-19-10-25-24-7-4-3-6-21(24)11-26(25)30(38(19)32-16-31(17-32,18-32)20(2)39)29-27(34)12-22(13-28(29)35)36-23-14-37(15-23)9-5-8-33/h3-4,6-7,12-13,19-20,23,30,36,39H,5,8-11,14-18H2,1-2H3/t19-,20-,30+,31?,32?/m0/s1. The SMILES string of the molecule is C[C@H](O)C12CC(N3[C@@H](c4c(F)cc(NC5CN(CCCF)C5)cc4F)C4=C(C[C@@H]3C)c3ccccc3C4)(C1)C2. The normalized spacial score (nSPS) is 32.7. The molecule has 4 aliphatic carbocycles. The molecule has 7 heteroatoms. The predicted molar refractivity (Wildman–Crippen MR) is 147 cm³/mol. The van der Waals surface area contributed by atoms with E-state index < -0.39 is 17.7 Å². The zero-order chi connectivity index (χ0) is 27.1. The van der Waals surface area contributed by atoms with Crippen LogP contribution >= 0.6 is 0 Å². The van der Waals surface area contributed by atoms with Gasteiger partial charge in [-0.15, -0.1) is 0 Å². The van der Waals surface area contributed by atoms with Crippen molar-refractivity contribution in [1.82, 2.24) is 9.80 Å². The number of likely N-dealkylation sites (tertiary alicyclic amines) is 1. The molecule has 0 unspecified atom stereocenters. The summed E-state index contributed by atoms with van der Waals surface area (Å²) in [6.45, 7) is 5.96. The van der Waals surface area contributed by atoms with Crippen molar-refractivity contribution in [2.24, 2.45) is 5.41 Å². The van der Waals surface area contributed by atoms with E-state index in [1.807, 2.05) is 13.0 Å². The van der Waals surface area contributed by atoms with Crippen LogP contribution in [0.2, 0.25) is 0 Å². The first-order valence-electron chi connectivity index (χ1n) is 14.5. The third-order valence-corrected chi connectivity index (χ3v) is 10.5. The van der Waals surface area contributed by atoms with E-state index in [-0.39, 0.29) is 41.4 Å². The summed E-state index contributed by atoms with van der Waals surface area (Å²) in [6, 6.07) is 11.1. The van der Waals surface area contributed by atoms with Crippen LogP contribution in [0.3, 0.4) is 0 Å². The fraction of sp³-hybridized carbons (Fsp3) is 0.562. The number of benzene rings is 2. The van der Waals surface area contributed by atoms with E-state index in [9.17, 15) is 9.50 Å². The number of nitrogens with zero attached hydrogens (tertiary/aromatic N) is 2. The van der Waals surface area contributed by atoms with Gasteiger partial charge in [0.1, 0.15) is 11.6 Å². The molecule has 0 aromatic heterocycles. The fourth-order valence-electron chi connectivity index (χ4n) is 8.65. The van der Waals surface area contributed by atoms with Crippen molar-refractivity contribution in [3.8, 4) is 0 Å². The van der Waals surface area contributed by atoms with Crippen molar-refractivity contribution in [2.45, 2.75) is 82.1 Å². The third kappa shape index (κ3) is 3.83. The number of alkyl halides is 1. The maximum atomic E-state index is 16.1. The second-order valence-electron chi connectivity index (χ2n) is 13.0. The summed E-state index contributed by atoms with van der Waals surface area (Å²) in [5.74, 6) is -1.01. The van der Waals surface area contributed by atoms with Crippen molar-refractivity contribution >= 4 is 11.3 Å². The minimum Gasteiger partial charge on any atom is -0.393 e. The average molecular weight is 538 g/mol. The van der Waals surface area contributed by atoms with Crippen molar-refractivity contribution in [3.63, 3.8) is 0 Å². The molecule has 3 atom stereocenters. The third-order valence-electron chi connectivity index (χ3n) is 10.5. The molecule has 0 radical (unpaired) electrons. The number of halogens is 3. The van der Waals surface area contributed by atoms with Gasteiger partial charge in [0.2, 0.25) is 0 Å². The topological polar surface area (TPSA) is 38.7 Å². The molecule has 1 saturated heterocycles. The van der Waals surface area contributed by atoms with Gasteiger partial charge in [0, 0.05) is 47.9 Å². The van der Waals surface area contributed by atoms with Gasteiger partial charge in [-0.3, -0.25) is 14.2 Å². The zero-order valence-electron chi connectivity index (χ0n) is 22.8. The van der Waals surface area contributed by atoms with E-state index in [4.69, 9.17) is 0 Å². The van der Waals surface area contributed by atoms with Gasteiger partial charge in [0.05, 0.1) is 24.9 Å². The van der Waals surface area contributed by atoms with Crippen LogP contribution in [0.4, 0.5) is 18.9 Å². The summed E-state index contributed by atoms with van der Waals surface area (Å²) in [4.78, 5) is 4.57. The zero-order valence-corrected chi connectivity index (χ0v) is 22.8. The molecular formula is C32H38F3N3O. The lowest BCUT2D eigenvalue weighted by molar-refractivity contribution is -0.274. The lowest BCUT2D eigenvalue weighted by Gasteiger charge is -2.77. The van der Waals surface area contributed by atoms with Gasteiger partial charge in [-0.2, -0.15) is 0 Å². The van der Waals surface area contributed by atoms with E-state index in [2.05, 4.69) is 40.2 Å². The molecule has 2 aromatic rings. The van der Waals surface area contributed by atoms with Gasteiger partial charge in [0.15, 0.2) is 0 Å². The van der Waals surface area contributed by atoms with Gasteiger partial charge in [0.25, 0.3) is 0 Å². The Balaban J connectivity index is 1.22. The summed E-state index contributed by atoms with van der Waals surface area (Å²) < 4.78 is 44.7. The maximum absolute atomic E-state index is 16.1. The van der Waals surface area contributed by atoms with E-state index in [1.54, 1.807) is 0 Å². The molecule has 2 heterocycles. The second-order valence-corrected chi connectivity index (χ2v) is 13.0. The summed E-state index contributed by atoms with van der Waals surface area (Å²) in [5, 5.41) is 13.7. The van der Waals surface area contributed by atoms with Gasteiger partial charge in [-0.25, -0.2) is 8.78 Å². The Hall–Kier alpha value is -2.35. The molecule has 2 aliphatic heterocycles. The van der Waals surface area contributed by atoms with Gasteiger partial charge >= 0.3 is 0 Å². The van der Waals surface area contributed by atoms with Crippen LogP contribution in [-0.4, -0.2) is 64.9 Å². The van der Waals surface area contributed by atoms with Gasteiger partial charge < -0.3 is 10.4 Å². The minimum absolute atomic E-state index is 0.0384. The number of anilines is 1. The Morgan fingerprint density at radius 2 is 1.79 bits per heavy atom. The molecule has 0 spiro atoms. The quantitative estimate of drug-likeness (QED) is 0.442. The number of fused-ring (bicyclic) bond motifs is 2. The summed E-state index contributed by atoms with van der Waals surface area (Å²) in [5.41, 5.74) is 5.31. The van der Waals surface area contributed by atoms with Crippen LogP contribution < -0.4 is 5.32 Å². The molecule has 39 heavy (non-hydrogen) atoms. The number of hydrogen-bond acceptors (Lipinski definition) is 4. The Kier molecular flexibility index (Phi) is 5.96. The first-order chi connectivity index (χ1) is 18.7. The number of aliphatic hydroxyl groups excluding tert-OH is 1. The van der Waals surface area contributed by atoms with Crippen LogP contribution in [0.5, 0.6) is 0 Å². The highest BCUT2D eigenvalue weighted by atomic mass is 19.1. The molecule has 2 bridgehead atoms. The lowest BCUT2D eigenvalue weighted by Crippen LogP contribution is -2.79. The monoisotopic (exact) mass is 537 g/mol. The Morgan fingerprint density at radius 1 is 1.10 bits per heavy atom. The highest BCUT2D eigenvalue weighted by Crippen LogP contribution is 2.74. The molecule has 0 amide bonds. The molecular weight excluding hydrogens is 499 g/mol. The number of nitrogens with one attached hydrogen (secondary N) is 1. The highest BCUT2D eigenvalue weighted by Gasteiger charge is 2.73. The Labute approximate surface area is 228 Å². The molecule has 3 saturated carbocycles. The van der Waals surface area contributed by atoms with Crippen molar-refractivity contribution in [3.05, 3.63) is 70.3 Å². The molecule has 2 N–H and O–H groups in total. The molecule has 2 aromatic carbocycles. The van der Waals surface area contributed by atoms with E-state index in [0.717, 1.165) is 44.3 Å². The van der Waals surface area contributed by atoms with E-state index in [0.29, 0.717) is 25.1 Å². The van der Waals surface area contributed by atoms with E-state index >= 15 is 8.78 Å². The summed E-state index contributed by atoms with van der Waals surface area (Å²) >= 11 is 0. The minimum atomic E-state index is -0.505. The first kappa shape index (κ1) is 25.6. The van der Waals surface area contributed by atoms with Crippen LogP contribution in [0.25, 0.3) is 5.57 Å². The molecule has 6 aliphatic rings. The van der Waals surface area contributed by atoms with Crippen molar-refractivity contribution in [1.29, 1.82) is 0 Å². The maximum Gasteiger partial charge on any atom is 0.133 e. The van der Waals surface area contributed by atoms with Crippen LogP contribution in [0.1, 0.15) is 68.7 Å². The molecule has 8 rings (SSSR count). The van der Waals surface area contributed by atoms with Crippen LogP contribution in [-0.2, 0) is 6.42 Å². The van der Waals surface area contributed by atoms with Crippen molar-refractivity contribution < 1.29 is 18.3 Å². The number of hydrogen-bond donors (Lipinski definition) is 2. The predicted octanol–water partition coefficient (Wildman–Crippen LogP) is 5.87. The number of aliphatic hydroxyl groups is 1. The van der Waals surface area contributed by atoms with E-state index in [1.165, 1.54) is 28.8 Å². The molecule has 208 valence electrons. The van der Waals surface area contributed by atoms with Crippen molar-refractivity contribution in [2.75, 3.05) is 31.6 Å². The van der Waals surface area contributed by atoms with Crippen LogP contribution in [0.15, 0.2) is 42.0 Å². The second kappa shape index (κ2) is 9.08.